The van der Waals surface area contributed by atoms with Gasteiger partial charge in [0.15, 0.2) is 0 Å². The number of hydrogen-bond acceptors (Lipinski definition) is 7. The second kappa shape index (κ2) is 7.73. The van der Waals surface area contributed by atoms with Gasteiger partial charge in [-0.2, -0.15) is 4.31 Å². The molecule has 0 bridgehead atoms. The van der Waals surface area contributed by atoms with Gasteiger partial charge >= 0.3 is 0 Å². The van der Waals surface area contributed by atoms with E-state index in [1.165, 1.54) is 10.6 Å². The Balaban J connectivity index is 1.70. The number of aromatic nitrogens is 2. The molecule has 26 heavy (non-hydrogen) atoms. The molecule has 1 aromatic heterocycles. The maximum Gasteiger partial charge on any atom is 0.246 e. The number of methoxy groups -OCH3 is 1. The van der Waals surface area contributed by atoms with E-state index in [0.29, 0.717) is 31.4 Å². The molecule has 2 aromatic rings. The summed E-state index contributed by atoms with van der Waals surface area (Å²) >= 11 is 0. The third-order valence-corrected chi connectivity index (χ3v) is 5.68. The van der Waals surface area contributed by atoms with Gasteiger partial charge in [-0.3, -0.25) is 0 Å². The lowest BCUT2D eigenvalue weighted by atomic mass is 9.97. The van der Waals surface area contributed by atoms with Crippen molar-refractivity contribution in [2.75, 3.05) is 33.1 Å². The first kappa shape index (κ1) is 18.8. The lowest BCUT2D eigenvalue weighted by Gasteiger charge is -2.29. The van der Waals surface area contributed by atoms with Gasteiger partial charge in [0.25, 0.3) is 0 Å². The molecular formula is C17H23N3O5S. The SMILES string of the molecule is COc1ccccc1[C@@H](C)Cc1nnc([C@@H]2CN(S(C)(=O)=O)CCO2)o1. The Morgan fingerprint density at radius 1 is 1.35 bits per heavy atom. The smallest absolute Gasteiger partial charge is 0.246 e. The average molecular weight is 381 g/mol. The fourth-order valence-corrected chi connectivity index (χ4v) is 3.81. The van der Waals surface area contributed by atoms with Crippen LogP contribution in [0.1, 0.15) is 36.3 Å². The van der Waals surface area contributed by atoms with Gasteiger partial charge in [-0.15, -0.1) is 10.2 Å². The summed E-state index contributed by atoms with van der Waals surface area (Å²) in [4.78, 5) is 0. The van der Waals surface area contributed by atoms with Crippen molar-refractivity contribution in [2.45, 2.75) is 25.4 Å². The van der Waals surface area contributed by atoms with E-state index in [4.69, 9.17) is 13.9 Å². The molecule has 3 rings (SSSR count). The van der Waals surface area contributed by atoms with Crippen LogP contribution in [0.5, 0.6) is 5.75 Å². The van der Waals surface area contributed by atoms with Gasteiger partial charge in [-0.25, -0.2) is 8.42 Å². The summed E-state index contributed by atoms with van der Waals surface area (Å²) in [7, 11) is -1.63. The monoisotopic (exact) mass is 381 g/mol. The summed E-state index contributed by atoms with van der Waals surface area (Å²) in [6.07, 6.45) is 1.20. The molecule has 0 N–H and O–H groups in total. The van der Waals surface area contributed by atoms with Crippen LogP contribution in [0.15, 0.2) is 28.7 Å². The normalized spacial score (nSPS) is 20.0. The highest BCUT2D eigenvalue weighted by Gasteiger charge is 2.31. The number of nitrogens with zero attached hydrogens (tertiary/aromatic N) is 3. The molecule has 2 atom stereocenters. The summed E-state index contributed by atoms with van der Waals surface area (Å²) in [6, 6.07) is 7.81. The molecule has 0 spiro atoms. The van der Waals surface area contributed by atoms with Crippen molar-refractivity contribution in [3.8, 4) is 5.75 Å². The quantitative estimate of drug-likeness (QED) is 0.752. The highest BCUT2D eigenvalue weighted by molar-refractivity contribution is 7.88. The van der Waals surface area contributed by atoms with E-state index in [0.717, 1.165) is 11.3 Å². The number of hydrogen-bond donors (Lipinski definition) is 0. The van der Waals surface area contributed by atoms with Crippen molar-refractivity contribution in [3.63, 3.8) is 0 Å². The van der Waals surface area contributed by atoms with Crippen molar-refractivity contribution in [3.05, 3.63) is 41.6 Å². The van der Waals surface area contributed by atoms with Gasteiger partial charge in [0.05, 0.1) is 20.0 Å². The lowest BCUT2D eigenvalue weighted by molar-refractivity contribution is -0.0176. The first-order valence-electron chi connectivity index (χ1n) is 8.40. The predicted octanol–water partition coefficient (Wildman–Crippen LogP) is 1.76. The van der Waals surface area contributed by atoms with Gasteiger partial charge in [0, 0.05) is 19.5 Å². The van der Waals surface area contributed by atoms with Gasteiger partial charge in [-0.05, 0) is 17.5 Å². The molecule has 9 heteroatoms. The van der Waals surface area contributed by atoms with E-state index in [2.05, 4.69) is 17.1 Å². The largest absolute Gasteiger partial charge is 0.496 e. The number of para-hydroxylation sites is 1. The van der Waals surface area contributed by atoms with E-state index in [9.17, 15) is 8.42 Å². The molecule has 1 fully saturated rings. The summed E-state index contributed by atoms with van der Waals surface area (Å²) in [5.41, 5.74) is 1.06. The van der Waals surface area contributed by atoms with Crippen molar-refractivity contribution < 1.29 is 22.3 Å². The fraction of sp³-hybridized carbons (Fsp3) is 0.529. The Morgan fingerprint density at radius 3 is 2.85 bits per heavy atom. The third-order valence-electron chi connectivity index (χ3n) is 4.41. The van der Waals surface area contributed by atoms with E-state index in [1.54, 1.807) is 7.11 Å². The first-order valence-corrected chi connectivity index (χ1v) is 10.2. The number of sulfonamides is 1. The summed E-state index contributed by atoms with van der Waals surface area (Å²) in [5.74, 6) is 1.73. The van der Waals surface area contributed by atoms with Gasteiger partial charge in [0.2, 0.25) is 21.8 Å². The number of ether oxygens (including phenoxy) is 2. The van der Waals surface area contributed by atoms with Crippen LogP contribution in [-0.4, -0.2) is 56.0 Å². The van der Waals surface area contributed by atoms with Gasteiger partial charge in [-0.1, -0.05) is 25.1 Å². The Morgan fingerprint density at radius 2 is 2.12 bits per heavy atom. The molecule has 0 aliphatic carbocycles. The topological polar surface area (TPSA) is 94.8 Å². The molecule has 0 amide bonds. The predicted molar refractivity (Wildman–Crippen MR) is 94.5 cm³/mol. The highest BCUT2D eigenvalue weighted by atomic mass is 32.2. The Labute approximate surface area is 153 Å². The summed E-state index contributed by atoms with van der Waals surface area (Å²) in [6.45, 7) is 2.88. The van der Waals surface area contributed by atoms with E-state index in [-0.39, 0.29) is 12.5 Å². The maximum atomic E-state index is 11.7. The van der Waals surface area contributed by atoms with Crippen molar-refractivity contribution >= 4 is 10.0 Å². The second-order valence-electron chi connectivity index (χ2n) is 6.36. The van der Waals surface area contributed by atoms with E-state index < -0.39 is 16.1 Å². The minimum absolute atomic E-state index is 0.124. The fourth-order valence-electron chi connectivity index (χ4n) is 3.00. The van der Waals surface area contributed by atoms with Crippen LogP contribution in [0.2, 0.25) is 0 Å². The number of benzene rings is 1. The summed E-state index contributed by atoms with van der Waals surface area (Å²) in [5, 5.41) is 8.15. The Kier molecular flexibility index (Phi) is 5.59. The molecule has 1 aromatic carbocycles. The maximum absolute atomic E-state index is 11.7. The minimum atomic E-state index is -3.27. The molecule has 0 unspecified atom stereocenters. The van der Waals surface area contributed by atoms with Crippen molar-refractivity contribution in [1.82, 2.24) is 14.5 Å². The highest BCUT2D eigenvalue weighted by Crippen LogP contribution is 2.29. The van der Waals surface area contributed by atoms with Crippen LogP contribution < -0.4 is 4.74 Å². The molecule has 1 saturated heterocycles. The lowest BCUT2D eigenvalue weighted by Crippen LogP contribution is -2.41. The van der Waals surface area contributed by atoms with Crippen molar-refractivity contribution in [2.24, 2.45) is 0 Å². The molecule has 0 saturated carbocycles. The zero-order valence-corrected chi connectivity index (χ0v) is 15.9. The van der Waals surface area contributed by atoms with Gasteiger partial charge < -0.3 is 13.9 Å². The zero-order chi connectivity index (χ0) is 18.7. The van der Waals surface area contributed by atoms with Crippen LogP contribution in [0, 0.1) is 0 Å². The van der Waals surface area contributed by atoms with Crippen LogP contribution in [-0.2, 0) is 21.2 Å². The molecule has 0 radical (unpaired) electrons. The molecule has 2 heterocycles. The summed E-state index contributed by atoms with van der Waals surface area (Å²) < 4.78 is 41.6. The third kappa shape index (κ3) is 4.22. The number of morpholine rings is 1. The standard InChI is InChI=1S/C17H23N3O5S/c1-12(13-6-4-5-7-14(13)23-2)10-16-18-19-17(25-16)15-11-20(8-9-24-15)26(3,21)22/h4-7,12,15H,8-11H2,1-3H3/t12-,15-/m0/s1. The zero-order valence-electron chi connectivity index (χ0n) is 15.1. The average Bonchev–Trinajstić information content (AvgIpc) is 3.09. The van der Waals surface area contributed by atoms with Crippen LogP contribution >= 0.6 is 0 Å². The molecule has 8 nitrogen and oxygen atoms in total. The molecule has 142 valence electrons. The van der Waals surface area contributed by atoms with Gasteiger partial charge in [0.1, 0.15) is 11.9 Å². The second-order valence-corrected chi connectivity index (χ2v) is 8.34. The minimum Gasteiger partial charge on any atom is -0.496 e. The molecular weight excluding hydrogens is 358 g/mol. The molecule has 1 aliphatic rings. The first-order chi connectivity index (χ1) is 12.4. The number of rotatable bonds is 6. The Bertz CT molecular complexity index is 852. The van der Waals surface area contributed by atoms with Crippen LogP contribution in [0.3, 0.4) is 0 Å². The molecule has 1 aliphatic heterocycles. The van der Waals surface area contributed by atoms with E-state index in [1.807, 2.05) is 24.3 Å². The van der Waals surface area contributed by atoms with Crippen LogP contribution in [0.25, 0.3) is 0 Å². The van der Waals surface area contributed by atoms with Crippen molar-refractivity contribution in [1.29, 1.82) is 0 Å². The van der Waals surface area contributed by atoms with Crippen LogP contribution in [0.4, 0.5) is 0 Å². The van der Waals surface area contributed by atoms with E-state index >= 15 is 0 Å². The Hall–Kier alpha value is -1.97.